The van der Waals surface area contributed by atoms with Gasteiger partial charge >= 0.3 is 0 Å². The molecule has 3 aromatic rings. The van der Waals surface area contributed by atoms with Crippen molar-refractivity contribution in [2.75, 3.05) is 25.9 Å². The summed E-state index contributed by atoms with van der Waals surface area (Å²) in [6, 6.07) is 28.9. The van der Waals surface area contributed by atoms with Crippen LogP contribution in [0.5, 0.6) is 0 Å². The molecule has 0 aliphatic carbocycles. The van der Waals surface area contributed by atoms with Crippen LogP contribution in [0.3, 0.4) is 0 Å². The minimum absolute atomic E-state index is 0.276. The SMILES string of the molecule is CS(=O)(=O)c1ccc([C@@H](CCN2CCC(CCCc3ccccc3)CC2)c2ccccc2)cc1. The smallest absolute Gasteiger partial charge is 0.175 e. The Labute approximate surface area is 205 Å². The Balaban J connectivity index is 1.30. The number of sulfone groups is 1. The molecule has 3 aromatic carbocycles. The van der Waals surface area contributed by atoms with E-state index in [9.17, 15) is 8.42 Å². The van der Waals surface area contributed by atoms with E-state index >= 15 is 0 Å². The van der Waals surface area contributed by atoms with Crippen molar-refractivity contribution in [3.8, 4) is 0 Å². The molecule has 0 N–H and O–H groups in total. The number of nitrogens with zero attached hydrogens (tertiary/aromatic N) is 1. The highest BCUT2D eigenvalue weighted by molar-refractivity contribution is 7.90. The second-order valence-electron chi connectivity index (χ2n) is 9.76. The summed E-state index contributed by atoms with van der Waals surface area (Å²) in [6.45, 7) is 3.44. The third-order valence-corrected chi connectivity index (χ3v) is 8.40. The van der Waals surface area contributed by atoms with Gasteiger partial charge in [-0.1, -0.05) is 79.2 Å². The molecule has 0 amide bonds. The largest absolute Gasteiger partial charge is 0.303 e. The molecule has 0 bridgehead atoms. The van der Waals surface area contributed by atoms with Crippen molar-refractivity contribution in [1.29, 1.82) is 0 Å². The van der Waals surface area contributed by atoms with Gasteiger partial charge in [0.2, 0.25) is 0 Å². The van der Waals surface area contributed by atoms with Gasteiger partial charge in [0.1, 0.15) is 0 Å². The molecule has 180 valence electrons. The van der Waals surface area contributed by atoms with Crippen molar-refractivity contribution in [3.05, 3.63) is 102 Å². The van der Waals surface area contributed by atoms with Crippen LogP contribution in [0.4, 0.5) is 0 Å². The highest BCUT2D eigenvalue weighted by atomic mass is 32.2. The number of rotatable bonds is 10. The van der Waals surface area contributed by atoms with Gasteiger partial charge in [0.25, 0.3) is 0 Å². The number of benzene rings is 3. The number of hydrogen-bond acceptors (Lipinski definition) is 3. The number of hydrogen-bond donors (Lipinski definition) is 0. The van der Waals surface area contributed by atoms with Crippen LogP contribution in [0.15, 0.2) is 89.8 Å². The fourth-order valence-corrected chi connectivity index (χ4v) is 5.84. The van der Waals surface area contributed by atoms with Crippen LogP contribution in [0.2, 0.25) is 0 Å². The van der Waals surface area contributed by atoms with Crippen molar-refractivity contribution in [2.45, 2.75) is 49.3 Å². The zero-order valence-corrected chi connectivity index (χ0v) is 21.1. The van der Waals surface area contributed by atoms with Gasteiger partial charge in [-0.3, -0.25) is 0 Å². The van der Waals surface area contributed by atoms with E-state index in [4.69, 9.17) is 0 Å². The van der Waals surface area contributed by atoms with E-state index in [0.29, 0.717) is 4.90 Å². The first-order chi connectivity index (χ1) is 16.5. The molecule has 0 unspecified atom stereocenters. The summed E-state index contributed by atoms with van der Waals surface area (Å²) >= 11 is 0. The van der Waals surface area contributed by atoms with Gasteiger partial charge in [0, 0.05) is 12.2 Å². The molecule has 3 nitrogen and oxygen atoms in total. The van der Waals surface area contributed by atoms with Crippen LogP contribution in [0, 0.1) is 5.92 Å². The van der Waals surface area contributed by atoms with Crippen LogP contribution in [0.1, 0.15) is 54.7 Å². The molecule has 0 radical (unpaired) electrons. The van der Waals surface area contributed by atoms with Gasteiger partial charge in [-0.2, -0.15) is 0 Å². The predicted molar refractivity (Wildman–Crippen MR) is 141 cm³/mol. The maximum absolute atomic E-state index is 11.9. The maximum atomic E-state index is 11.9. The molecule has 1 aliphatic heterocycles. The van der Waals surface area contributed by atoms with E-state index in [1.165, 1.54) is 68.1 Å². The third kappa shape index (κ3) is 7.04. The highest BCUT2D eigenvalue weighted by Crippen LogP contribution is 2.30. The summed E-state index contributed by atoms with van der Waals surface area (Å²) in [7, 11) is -3.18. The molecular weight excluding hydrogens is 438 g/mol. The summed E-state index contributed by atoms with van der Waals surface area (Å²) in [4.78, 5) is 3.01. The van der Waals surface area contributed by atoms with Crippen molar-refractivity contribution in [2.24, 2.45) is 5.92 Å². The van der Waals surface area contributed by atoms with Crippen molar-refractivity contribution in [1.82, 2.24) is 4.90 Å². The Morgan fingerprint density at radius 3 is 2.03 bits per heavy atom. The average Bonchev–Trinajstić information content (AvgIpc) is 2.86. The lowest BCUT2D eigenvalue weighted by atomic mass is 9.87. The van der Waals surface area contributed by atoms with E-state index in [-0.39, 0.29) is 5.92 Å². The monoisotopic (exact) mass is 475 g/mol. The lowest BCUT2D eigenvalue weighted by Crippen LogP contribution is -2.35. The Morgan fingerprint density at radius 1 is 0.824 bits per heavy atom. The van der Waals surface area contributed by atoms with Crippen LogP contribution in [-0.4, -0.2) is 39.2 Å². The molecule has 0 spiro atoms. The second-order valence-corrected chi connectivity index (χ2v) is 11.8. The van der Waals surface area contributed by atoms with E-state index < -0.39 is 9.84 Å². The molecule has 0 saturated carbocycles. The molecule has 1 fully saturated rings. The molecule has 1 heterocycles. The standard InChI is InChI=1S/C30H37NO2S/c1-34(32,33)29-17-15-28(16-18-29)30(27-13-6-3-7-14-27)21-24-31-22-19-26(20-23-31)12-8-11-25-9-4-2-5-10-25/h2-7,9-10,13-18,26,30H,8,11-12,19-24H2,1H3/t30-/m0/s1. The first kappa shape index (κ1) is 24.7. The van der Waals surface area contributed by atoms with E-state index in [1.54, 1.807) is 12.1 Å². The van der Waals surface area contributed by atoms with Crippen LogP contribution >= 0.6 is 0 Å². The summed E-state index contributed by atoms with van der Waals surface area (Å²) in [5, 5.41) is 0. The van der Waals surface area contributed by atoms with Gasteiger partial charge in [-0.05, 0) is 86.5 Å². The van der Waals surface area contributed by atoms with Gasteiger partial charge < -0.3 is 4.90 Å². The Kier molecular flexibility index (Phi) is 8.58. The Morgan fingerprint density at radius 2 is 1.41 bits per heavy atom. The van der Waals surface area contributed by atoms with Gasteiger partial charge in [-0.25, -0.2) is 8.42 Å². The van der Waals surface area contributed by atoms with Crippen molar-refractivity contribution < 1.29 is 8.42 Å². The minimum atomic E-state index is -3.18. The number of piperidine rings is 1. The van der Waals surface area contributed by atoms with E-state index in [2.05, 4.69) is 65.6 Å². The first-order valence-corrected chi connectivity index (χ1v) is 14.5. The molecule has 1 atom stereocenters. The highest BCUT2D eigenvalue weighted by Gasteiger charge is 2.21. The molecule has 1 aliphatic rings. The van der Waals surface area contributed by atoms with Crippen LogP contribution in [-0.2, 0) is 16.3 Å². The molecule has 34 heavy (non-hydrogen) atoms. The molecule has 4 heteroatoms. The maximum Gasteiger partial charge on any atom is 0.175 e. The molecular formula is C30H37NO2S. The fraction of sp³-hybridized carbons (Fsp3) is 0.400. The summed E-state index contributed by atoms with van der Waals surface area (Å²) in [6.07, 6.45) is 8.72. The quantitative estimate of drug-likeness (QED) is 0.343. The molecule has 1 saturated heterocycles. The van der Waals surface area contributed by atoms with E-state index in [0.717, 1.165) is 18.9 Å². The number of aryl methyl sites for hydroxylation is 1. The van der Waals surface area contributed by atoms with Crippen LogP contribution < -0.4 is 0 Å². The molecule has 0 aromatic heterocycles. The van der Waals surface area contributed by atoms with Crippen LogP contribution in [0.25, 0.3) is 0 Å². The van der Waals surface area contributed by atoms with Crippen molar-refractivity contribution in [3.63, 3.8) is 0 Å². The normalized spacial score (nSPS) is 16.4. The lowest BCUT2D eigenvalue weighted by molar-refractivity contribution is 0.174. The first-order valence-electron chi connectivity index (χ1n) is 12.6. The van der Waals surface area contributed by atoms with Gasteiger partial charge in [0.05, 0.1) is 4.90 Å². The summed E-state index contributed by atoms with van der Waals surface area (Å²) in [5.41, 5.74) is 3.94. The summed E-state index contributed by atoms with van der Waals surface area (Å²) in [5.74, 6) is 1.13. The third-order valence-electron chi connectivity index (χ3n) is 7.27. The lowest BCUT2D eigenvalue weighted by Gasteiger charge is -2.33. The number of likely N-dealkylation sites (tertiary alicyclic amines) is 1. The average molecular weight is 476 g/mol. The molecule has 4 rings (SSSR count). The van der Waals surface area contributed by atoms with Crippen molar-refractivity contribution >= 4 is 9.84 Å². The second kappa shape index (κ2) is 11.8. The minimum Gasteiger partial charge on any atom is -0.303 e. The zero-order chi connectivity index (χ0) is 23.8. The Hall–Kier alpha value is -2.43. The Bertz CT molecular complexity index is 1100. The predicted octanol–water partition coefficient (Wildman–Crippen LogP) is 6.35. The van der Waals surface area contributed by atoms with Gasteiger partial charge in [0.15, 0.2) is 9.84 Å². The summed E-state index contributed by atoms with van der Waals surface area (Å²) < 4.78 is 23.7. The van der Waals surface area contributed by atoms with E-state index in [1.807, 2.05) is 12.1 Å². The zero-order valence-electron chi connectivity index (χ0n) is 20.3. The topological polar surface area (TPSA) is 37.4 Å². The fourth-order valence-electron chi connectivity index (χ4n) is 5.21. The van der Waals surface area contributed by atoms with Gasteiger partial charge in [-0.15, -0.1) is 0 Å².